The number of hydrogen-bond acceptors (Lipinski definition) is 3. The van der Waals surface area contributed by atoms with Crippen LogP contribution in [-0.4, -0.2) is 48.2 Å². The fourth-order valence-corrected chi connectivity index (χ4v) is 3.11. The summed E-state index contributed by atoms with van der Waals surface area (Å²) in [5.41, 5.74) is 0. The van der Waals surface area contributed by atoms with E-state index in [0.29, 0.717) is 24.3 Å². The van der Waals surface area contributed by atoms with E-state index < -0.39 is 0 Å². The highest BCUT2D eigenvalue weighted by molar-refractivity contribution is 5.78. The number of nitrogens with zero attached hydrogens (tertiary/aromatic N) is 1. The van der Waals surface area contributed by atoms with Gasteiger partial charge < -0.3 is 15.0 Å². The molecule has 1 heterocycles. The Hall–Kier alpha value is -0.610. The van der Waals surface area contributed by atoms with Crippen LogP contribution in [0.25, 0.3) is 0 Å². The molecule has 1 saturated carbocycles. The molecular weight excluding hydrogens is 252 g/mol. The normalized spacial score (nSPS) is 28.7. The molecule has 0 unspecified atom stereocenters. The Kier molecular flexibility index (Phi) is 5.44. The van der Waals surface area contributed by atoms with Gasteiger partial charge in [-0.1, -0.05) is 13.8 Å². The lowest BCUT2D eigenvalue weighted by atomic mass is 9.86. The van der Waals surface area contributed by atoms with Crippen molar-refractivity contribution in [2.24, 2.45) is 5.92 Å². The molecule has 0 aromatic rings. The zero-order valence-corrected chi connectivity index (χ0v) is 13.4. The van der Waals surface area contributed by atoms with Crippen LogP contribution in [0.4, 0.5) is 0 Å². The number of ether oxygens (including phenoxy) is 1. The van der Waals surface area contributed by atoms with Gasteiger partial charge in [-0.25, -0.2) is 0 Å². The van der Waals surface area contributed by atoms with Gasteiger partial charge in [-0.3, -0.25) is 4.79 Å². The minimum Gasteiger partial charge on any atom is -0.375 e. The minimum atomic E-state index is 0.0913. The summed E-state index contributed by atoms with van der Waals surface area (Å²) in [6, 6.07) is 1.09. The van der Waals surface area contributed by atoms with E-state index in [0.717, 1.165) is 25.9 Å². The van der Waals surface area contributed by atoms with E-state index in [2.05, 4.69) is 24.1 Å². The molecule has 0 spiro atoms. The van der Waals surface area contributed by atoms with Gasteiger partial charge in [-0.15, -0.1) is 0 Å². The Morgan fingerprint density at radius 2 is 1.75 bits per heavy atom. The molecule has 0 aromatic carbocycles. The quantitative estimate of drug-likeness (QED) is 0.840. The predicted octanol–water partition coefficient (Wildman–Crippen LogP) is 2.18. The molecule has 2 rings (SSSR count). The zero-order chi connectivity index (χ0) is 14.7. The van der Waals surface area contributed by atoms with Gasteiger partial charge in [-0.05, 0) is 39.5 Å². The summed E-state index contributed by atoms with van der Waals surface area (Å²) in [6.45, 7) is 10.3. The summed E-state index contributed by atoms with van der Waals surface area (Å²) >= 11 is 0. The van der Waals surface area contributed by atoms with Gasteiger partial charge in [0.1, 0.15) is 0 Å². The molecule has 1 amide bonds. The van der Waals surface area contributed by atoms with Crippen LogP contribution in [0.2, 0.25) is 0 Å². The first-order valence-electron chi connectivity index (χ1n) is 8.15. The maximum atomic E-state index is 11.7. The molecule has 0 bridgehead atoms. The molecule has 1 aliphatic heterocycles. The van der Waals surface area contributed by atoms with Crippen LogP contribution in [-0.2, 0) is 9.53 Å². The molecular formula is C16H30N2O2. The van der Waals surface area contributed by atoms with Gasteiger partial charge in [0.05, 0.1) is 12.2 Å². The summed E-state index contributed by atoms with van der Waals surface area (Å²) in [5, 5.41) is 3.16. The largest absolute Gasteiger partial charge is 0.375 e. The van der Waals surface area contributed by atoms with Gasteiger partial charge in [-0.2, -0.15) is 0 Å². The Morgan fingerprint density at radius 3 is 2.25 bits per heavy atom. The number of amides is 1. The number of likely N-dealkylation sites (tertiary alicyclic amines) is 1. The molecule has 4 nitrogen and oxygen atoms in total. The molecule has 0 radical (unpaired) electrons. The fraction of sp³-hybridized carbons (Fsp3) is 0.938. The lowest BCUT2D eigenvalue weighted by molar-refractivity contribution is -0.125. The van der Waals surface area contributed by atoms with E-state index in [1.54, 1.807) is 0 Å². The first-order chi connectivity index (χ1) is 9.45. The third kappa shape index (κ3) is 4.19. The van der Waals surface area contributed by atoms with Crippen molar-refractivity contribution in [3.8, 4) is 0 Å². The average molecular weight is 282 g/mol. The lowest BCUT2D eigenvalue weighted by Gasteiger charge is -2.46. The molecule has 2 fully saturated rings. The molecule has 116 valence electrons. The van der Waals surface area contributed by atoms with Crippen LogP contribution in [0.1, 0.15) is 53.4 Å². The highest BCUT2D eigenvalue weighted by Gasteiger charge is 2.36. The van der Waals surface area contributed by atoms with Crippen molar-refractivity contribution in [1.82, 2.24) is 10.2 Å². The topological polar surface area (TPSA) is 41.6 Å². The zero-order valence-electron chi connectivity index (χ0n) is 13.4. The standard InChI is InChI=1S/C16H30N2O2/c1-11(2)16(19)17-13-5-7-18(8-6-13)14-9-15(10-14)20-12(3)4/h11-15H,5-10H2,1-4H3,(H,17,19). The highest BCUT2D eigenvalue weighted by atomic mass is 16.5. The van der Waals surface area contributed by atoms with Crippen molar-refractivity contribution in [3.63, 3.8) is 0 Å². The third-order valence-electron chi connectivity index (χ3n) is 4.45. The van der Waals surface area contributed by atoms with Gasteiger partial charge >= 0.3 is 0 Å². The maximum absolute atomic E-state index is 11.7. The Bertz CT molecular complexity index is 316. The van der Waals surface area contributed by atoms with Gasteiger partial charge in [0, 0.05) is 31.1 Å². The van der Waals surface area contributed by atoms with Crippen molar-refractivity contribution in [1.29, 1.82) is 0 Å². The van der Waals surface area contributed by atoms with Crippen molar-refractivity contribution >= 4 is 5.91 Å². The molecule has 4 heteroatoms. The molecule has 0 atom stereocenters. The molecule has 0 aromatic heterocycles. The van der Waals surface area contributed by atoms with Crippen molar-refractivity contribution in [2.75, 3.05) is 13.1 Å². The van der Waals surface area contributed by atoms with Crippen LogP contribution >= 0.6 is 0 Å². The van der Waals surface area contributed by atoms with Crippen LogP contribution in [0.5, 0.6) is 0 Å². The summed E-state index contributed by atoms with van der Waals surface area (Å²) in [4.78, 5) is 14.3. The van der Waals surface area contributed by atoms with Crippen molar-refractivity contribution in [2.45, 2.75) is 77.7 Å². The average Bonchev–Trinajstić information content (AvgIpc) is 2.34. The first-order valence-corrected chi connectivity index (χ1v) is 8.15. The Balaban J connectivity index is 1.64. The number of nitrogens with one attached hydrogen (secondary N) is 1. The van der Waals surface area contributed by atoms with Crippen LogP contribution < -0.4 is 5.32 Å². The number of piperidine rings is 1. The smallest absolute Gasteiger partial charge is 0.222 e. The Morgan fingerprint density at radius 1 is 1.15 bits per heavy atom. The summed E-state index contributed by atoms with van der Waals surface area (Å²) in [6.07, 6.45) is 5.36. The monoisotopic (exact) mass is 282 g/mol. The van der Waals surface area contributed by atoms with Gasteiger partial charge in [0.25, 0.3) is 0 Å². The number of carbonyl (C=O) groups is 1. The SMILES string of the molecule is CC(C)OC1CC(N2CCC(NC(=O)C(C)C)CC2)C1. The second-order valence-electron chi connectivity index (χ2n) is 6.91. The van der Waals surface area contributed by atoms with Gasteiger partial charge in [0.15, 0.2) is 0 Å². The van der Waals surface area contributed by atoms with E-state index in [4.69, 9.17) is 4.74 Å². The molecule has 20 heavy (non-hydrogen) atoms. The Labute approximate surface area is 123 Å². The summed E-state index contributed by atoms with van der Waals surface area (Å²) in [5.74, 6) is 0.283. The first kappa shape index (κ1) is 15.8. The predicted molar refractivity (Wildman–Crippen MR) is 80.6 cm³/mol. The van der Waals surface area contributed by atoms with Crippen molar-refractivity contribution < 1.29 is 9.53 Å². The third-order valence-corrected chi connectivity index (χ3v) is 4.45. The van der Waals surface area contributed by atoms with Crippen molar-refractivity contribution in [3.05, 3.63) is 0 Å². The minimum absolute atomic E-state index is 0.0913. The molecule has 1 N–H and O–H groups in total. The molecule has 1 saturated heterocycles. The molecule has 2 aliphatic rings. The molecule has 1 aliphatic carbocycles. The van der Waals surface area contributed by atoms with E-state index in [1.165, 1.54) is 12.8 Å². The van der Waals surface area contributed by atoms with Crippen LogP contribution in [0.15, 0.2) is 0 Å². The van der Waals surface area contributed by atoms with E-state index in [1.807, 2.05) is 13.8 Å². The van der Waals surface area contributed by atoms with E-state index in [-0.39, 0.29) is 11.8 Å². The number of hydrogen-bond donors (Lipinski definition) is 1. The summed E-state index contributed by atoms with van der Waals surface area (Å²) in [7, 11) is 0. The second kappa shape index (κ2) is 6.90. The van der Waals surface area contributed by atoms with Crippen LogP contribution in [0, 0.1) is 5.92 Å². The highest BCUT2D eigenvalue weighted by Crippen LogP contribution is 2.31. The van der Waals surface area contributed by atoms with E-state index in [9.17, 15) is 4.79 Å². The van der Waals surface area contributed by atoms with Gasteiger partial charge in [0.2, 0.25) is 5.91 Å². The summed E-state index contributed by atoms with van der Waals surface area (Å²) < 4.78 is 5.82. The van der Waals surface area contributed by atoms with E-state index >= 15 is 0 Å². The fourth-order valence-electron chi connectivity index (χ4n) is 3.11. The van der Waals surface area contributed by atoms with Crippen LogP contribution in [0.3, 0.4) is 0 Å². The number of carbonyl (C=O) groups excluding carboxylic acids is 1. The lowest BCUT2D eigenvalue weighted by Crippen LogP contribution is -2.54. The number of rotatable bonds is 5. The second-order valence-corrected chi connectivity index (χ2v) is 6.91. The maximum Gasteiger partial charge on any atom is 0.222 e.